The molecule has 24 heavy (non-hydrogen) atoms. The Kier molecular flexibility index (Phi) is 4.89. The van der Waals surface area contributed by atoms with Crippen molar-refractivity contribution in [3.63, 3.8) is 0 Å². The SMILES string of the molecule is Cc1cccc(CCN2CC(CC(=O)O)C(c3cn(C)nn3)C2)n1. The molecule has 0 aromatic carbocycles. The van der Waals surface area contributed by atoms with Gasteiger partial charge >= 0.3 is 5.97 Å². The van der Waals surface area contributed by atoms with Gasteiger partial charge in [-0.15, -0.1) is 5.10 Å². The van der Waals surface area contributed by atoms with E-state index in [0.29, 0.717) is 0 Å². The second kappa shape index (κ2) is 7.09. The number of likely N-dealkylation sites (tertiary alicyclic amines) is 1. The summed E-state index contributed by atoms with van der Waals surface area (Å²) in [5, 5.41) is 17.4. The molecule has 0 amide bonds. The molecule has 2 aromatic heterocycles. The van der Waals surface area contributed by atoms with Crippen molar-refractivity contribution in [3.05, 3.63) is 41.5 Å². The fourth-order valence-corrected chi connectivity index (χ4v) is 3.46. The van der Waals surface area contributed by atoms with Crippen molar-refractivity contribution in [1.82, 2.24) is 24.9 Å². The van der Waals surface area contributed by atoms with Gasteiger partial charge in [0, 0.05) is 56.6 Å². The van der Waals surface area contributed by atoms with Gasteiger partial charge in [-0.3, -0.25) is 14.5 Å². The number of aromatic nitrogens is 4. The number of nitrogens with zero attached hydrogens (tertiary/aromatic N) is 5. The first-order valence-electron chi connectivity index (χ1n) is 8.24. The van der Waals surface area contributed by atoms with Crippen molar-refractivity contribution in [2.75, 3.05) is 19.6 Å². The summed E-state index contributed by atoms with van der Waals surface area (Å²) in [6.07, 6.45) is 2.93. The smallest absolute Gasteiger partial charge is 0.303 e. The van der Waals surface area contributed by atoms with Gasteiger partial charge in [-0.1, -0.05) is 11.3 Å². The van der Waals surface area contributed by atoms with Crippen LogP contribution in [-0.2, 0) is 18.3 Å². The van der Waals surface area contributed by atoms with Crippen molar-refractivity contribution in [2.45, 2.75) is 25.7 Å². The summed E-state index contributed by atoms with van der Waals surface area (Å²) in [6, 6.07) is 6.06. The van der Waals surface area contributed by atoms with Gasteiger partial charge in [-0.05, 0) is 25.0 Å². The highest BCUT2D eigenvalue weighted by Crippen LogP contribution is 2.33. The van der Waals surface area contributed by atoms with Crippen LogP contribution < -0.4 is 0 Å². The molecule has 1 fully saturated rings. The number of carboxylic acid groups (broad SMARTS) is 1. The second-order valence-electron chi connectivity index (χ2n) is 6.56. The van der Waals surface area contributed by atoms with E-state index in [9.17, 15) is 9.90 Å². The molecule has 0 spiro atoms. The number of aliphatic carboxylic acids is 1. The van der Waals surface area contributed by atoms with E-state index < -0.39 is 5.97 Å². The Morgan fingerprint density at radius 2 is 2.21 bits per heavy atom. The first-order chi connectivity index (χ1) is 11.5. The average Bonchev–Trinajstić information content (AvgIpc) is 3.11. The van der Waals surface area contributed by atoms with Crippen molar-refractivity contribution in [2.24, 2.45) is 13.0 Å². The number of rotatable bonds is 6. The van der Waals surface area contributed by atoms with Crippen LogP contribution in [0.3, 0.4) is 0 Å². The molecule has 1 aliphatic heterocycles. The Balaban J connectivity index is 1.66. The molecule has 128 valence electrons. The van der Waals surface area contributed by atoms with Crippen LogP contribution in [0, 0.1) is 12.8 Å². The van der Waals surface area contributed by atoms with Crippen LogP contribution >= 0.6 is 0 Å². The maximum absolute atomic E-state index is 11.2. The van der Waals surface area contributed by atoms with Gasteiger partial charge in [0.05, 0.1) is 12.1 Å². The van der Waals surface area contributed by atoms with E-state index in [1.165, 1.54) is 0 Å². The van der Waals surface area contributed by atoms with E-state index in [1.54, 1.807) is 4.68 Å². The fourth-order valence-electron chi connectivity index (χ4n) is 3.46. The number of hydrogen-bond donors (Lipinski definition) is 1. The monoisotopic (exact) mass is 329 g/mol. The number of carbonyl (C=O) groups is 1. The minimum atomic E-state index is -0.754. The molecule has 7 nitrogen and oxygen atoms in total. The summed E-state index contributed by atoms with van der Waals surface area (Å²) >= 11 is 0. The second-order valence-corrected chi connectivity index (χ2v) is 6.56. The standard InChI is InChI=1S/C17H23N5O2/c1-12-4-3-5-14(18-12)6-7-22-9-13(8-17(23)24)15(10-22)16-11-21(2)20-19-16/h3-5,11,13,15H,6-10H2,1-2H3,(H,23,24). The molecule has 0 bridgehead atoms. The van der Waals surface area contributed by atoms with E-state index in [2.05, 4.69) is 20.2 Å². The van der Waals surface area contributed by atoms with Crippen LogP contribution in [0.5, 0.6) is 0 Å². The average molecular weight is 329 g/mol. The molecule has 1 saturated heterocycles. The highest BCUT2D eigenvalue weighted by atomic mass is 16.4. The predicted octanol–water partition coefficient (Wildman–Crippen LogP) is 1.25. The largest absolute Gasteiger partial charge is 0.481 e. The summed E-state index contributed by atoms with van der Waals surface area (Å²) in [6.45, 7) is 4.47. The lowest BCUT2D eigenvalue weighted by molar-refractivity contribution is -0.138. The van der Waals surface area contributed by atoms with Crippen LogP contribution in [0.25, 0.3) is 0 Å². The van der Waals surface area contributed by atoms with E-state index >= 15 is 0 Å². The first-order valence-corrected chi connectivity index (χ1v) is 8.24. The highest BCUT2D eigenvalue weighted by molar-refractivity contribution is 5.67. The summed E-state index contributed by atoms with van der Waals surface area (Å²) in [4.78, 5) is 18.0. The van der Waals surface area contributed by atoms with Crippen LogP contribution in [0.2, 0.25) is 0 Å². The third-order valence-electron chi connectivity index (χ3n) is 4.58. The van der Waals surface area contributed by atoms with E-state index in [4.69, 9.17) is 0 Å². The minimum absolute atomic E-state index is 0.0738. The van der Waals surface area contributed by atoms with Crippen molar-refractivity contribution >= 4 is 5.97 Å². The van der Waals surface area contributed by atoms with Crippen LogP contribution in [0.1, 0.15) is 29.4 Å². The molecule has 2 aromatic rings. The molecule has 1 N–H and O–H groups in total. The summed E-state index contributed by atoms with van der Waals surface area (Å²) in [7, 11) is 1.83. The molecule has 2 unspecified atom stereocenters. The third-order valence-corrected chi connectivity index (χ3v) is 4.58. The highest BCUT2D eigenvalue weighted by Gasteiger charge is 2.36. The van der Waals surface area contributed by atoms with Crippen LogP contribution in [0.4, 0.5) is 0 Å². The van der Waals surface area contributed by atoms with E-state index in [0.717, 1.165) is 43.1 Å². The Morgan fingerprint density at radius 1 is 1.38 bits per heavy atom. The van der Waals surface area contributed by atoms with Crippen molar-refractivity contribution in [1.29, 1.82) is 0 Å². The van der Waals surface area contributed by atoms with Crippen molar-refractivity contribution < 1.29 is 9.90 Å². The molecule has 2 atom stereocenters. The maximum Gasteiger partial charge on any atom is 0.303 e. The maximum atomic E-state index is 11.2. The Bertz CT molecular complexity index is 715. The molecule has 0 radical (unpaired) electrons. The van der Waals surface area contributed by atoms with Gasteiger partial charge < -0.3 is 10.0 Å². The van der Waals surface area contributed by atoms with Crippen LogP contribution in [-0.4, -0.2) is 55.6 Å². The van der Waals surface area contributed by atoms with Gasteiger partial charge in [-0.2, -0.15) is 0 Å². The van der Waals surface area contributed by atoms with Crippen molar-refractivity contribution in [3.8, 4) is 0 Å². The number of aryl methyl sites for hydroxylation is 2. The molecule has 3 rings (SSSR count). The summed E-state index contributed by atoms with van der Waals surface area (Å²) in [5.41, 5.74) is 2.99. The number of hydrogen-bond acceptors (Lipinski definition) is 5. The molecule has 3 heterocycles. The normalized spacial score (nSPS) is 21.2. The van der Waals surface area contributed by atoms with E-state index in [1.807, 2.05) is 38.4 Å². The molecular weight excluding hydrogens is 306 g/mol. The van der Waals surface area contributed by atoms with Crippen LogP contribution in [0.15, 0.2) is 24.4 Å². The molecule has 7 heteroatoms. The lowest BCUT2D eigenvalue weighted by Crippen LogP contribution is -2.24. The topological polar surface area (TPSA) is 84.1 Å². The summed E-state index contributed by atoms with van der Waals surface area (Å²) in [5.74, 6) is -0.555. The van der Waals surface area contributed by atoms with E-state index in [-0.39, 0.29) is 18.3 Å². The Morgan fingerprint density at radius 3 is 2.88 bits per heavy atom. The number of carboxylic acids is 1. The first kappa shape index (κ1) is 16.6. The zero-order valence-corrected chi connectivity index (χ0v) is 14.1. The van der Waals surface area contributed by atoms with Gasteiger partial charge in [0.15, 0.2) is 0 Å². The fraction of sp³-hybridized carbons (Fsp3) is 0.529. The Labute approximate surface area is 141 Å². The van der Waals surface area contributed by atoms with Gasteiger partial charge in [-0.25, -0.2) is 0 Å². The molecule has 0 aliphatic carbocycles. The number of pyridine rings is 1. The Hall–Kier alpha value is -2.28. The third kappa shape index (κ3) is 3.97. The zero-order chi connectivity index (χ0) is 17.1. The lowest BCUT2D eigenvalue weighted by atomic mass is 9.91. The zero-order valence-electron chi connectivity index (χ0n) is 14.1. The lowest BCUT2D eigenvalue weighted by Gasteiger charge is -2.15. The van der Waals surface area contributed by atoms with Gasteiger partial charge in [0.1, 0.15) is 0 Å². The molecule has 1 aliphatic rings. The quantitative estimate of drug-likeness (QED) is 0.859. The van der Waals surface area contributed by atoms with Gasteiger partial charge in [0.2, 0.25) is 0 Å². The molecular formula is C17H23N5O2. The minimum Gasteiger partial charge on any atom is -0.481 e. The predicted molar refractivity (Wildman–Crippen MR) is 88.6 cm³/mol. The summed E-state index contributed by atoms with van der Waals surface area (Å²) < 4.78 is 1.67. The van der Waals surface area contributed by atoms with Gasteiger partial charge in [0.25, 0.3) is 0 Å². The molecule has 0 saturated carbocycles.